The minimum Gasteiger partial charge on any atom is -0.435 e. The van der Waals surface area contributed by atoms with Crippen LogP contribution in [0.15, 0.2) is 47.4 Å². The highest BCUT2D eigenvalue weighted by Crippen LogP contribution is 2.31. The highest BCUT2D eigenvalue weighted by molar-refractivity contribution is 7.98. The molecule has 2 aromatic carbocycles. The molecular weight excluding hydrogens is 280 g/mol. The van der Waals surface area contributed by atoms with E-state index in [4.69, 9.17) is 5.73 Å². The quantitative estimate of drug-likeness (QED) is 0.653. The number of thioether (sulfide) groups is 1. The van der Waals surface area contributed by atoms with Crippen LogP contribution >= 0.6 is 11.8 Å². The maximum absolute atomic E-state index is 12.3. The van der Waals surface area contributed by atoms with E-state index in [1.54, 1.807) is 36.0 Å². The Morgan fingerprint density at radius 2 is 1.95 bits per heavy atom. The number of para-hydroxylation sites is 1. The number of hydrogen-bond acceptors (Lipinski definition) is 3. The summed E-state index contributed by atoms with van der Waals surface area (Å²) in [5, 5.41) is 0. The molecule has 0 aliphatic rings. The maximum atomic E-state index is 12.3. The van der Waals surface area contributed by atoms with Gasteiger partial charge in [0.25, 0.3) is 0 Å². The predicted molar refractivity (Wildman–Crippen MR) is 78.2 cm³/mol. The standard InChI is InChI=1S/C15H15F2NOS/c1-10-6-7-12(18)8-14(10)20-9-11-4-2-3-5-13(11)19-15(16)17/h2-8,15H,9,18H2,1H3. The molecule has 2 N–H and O–H groups in total. The van der Waals surface area contributed by atoms with Crippen molar-refractivity contribution >= 4 is 17.4 Å². The van der Waals surface area contributed by atoms with Gasteiger partial charge in [0.2, 0.25) is 0 Å². The molecule has 0 radical (unpaired) electrons. The van der Waals surface area contributed by atoms with Crippen molar-refractivity contribution in [1.29, 1.82) is 0 Å². The van der Waals surface area contributed by atoms with E-state index in [1.807, 2.05) is 25.1 Å². The molecule has 0 amide bonds. The number of nitrogens with two attached hydrogens (primary N) is 1. The highest BCUT2D eigenvalue weighted by atomic mass is 32.2. The molecule has 0 atom stereocenters. The summed E-state index contributed by atoms with van der Waals surface area (Å²) < 4.78 is 29.2. The van der Waals surface area contributed by atoms with Crippen molar-refractivity contribution in [3.05, 3.63) is 53.6 Å². The number of alkyl halides is 2. The monoisotopic (exact) mass is 295 g/mol. The molecule has 0 spiro atoms. The summed E-state index contributed by atoms with van der Waals surface area (Å²) in [5.41, 5.74) is 8.29. The number of rotatable bonds is 5. The highest BCUT2D eigenvalue weighted by Gasteiger charge is 2.10. The van der Waals surface area contributed by atoms with E-state index >= 15 is 0 Å². The topological polar surface area (TPSA) is 35.2 Å². The molecule has 0 heterocycles. The van der Waals surface area contributed by atoms with Crippen LogP contribution in [0, 0.1) is 6.92 Å². The number of halogens is 2. The van der Waals surface area contributed by atoms with Gasteiger partial charge in [-0.15, -0.1) is 11.8 Å². The Morgan fingerprint density at radius 1 is 1.20 bits per heavy atom. The minimum absolute atomic E-state index is 0.219. The van der Waals surface area contributed by atoms with Gasteiger partial charge in [-0.1, -0.05) is 24.3 Å². The summed E-state index contributed by atoms with van der Waals surface area (Å²) >= 11 is 1.55. The summed E-state index contributed by atoms with van der Waals surface area (Å²) in [6, 6.07) is 12.5. The lowest BCUT2D eigenvalue weighted by Gasteiger charge is -2.11. The molecule has 5 heteroatoms. The lowest BCUT2D eigenvalue weighted by atomic mass is 10.2. The fourth-order valence-electron chi connectivity index (χ4n) is 1.76. The summed E-state index contributed by atoms with van der Waals surface area (Å²) in [5.74, 6) is 0.768. The van der Waals surface area contributed by atoms with Gasteiger partial charge < -0.3 is 10.5 Å². The van der Waals surface area contributed by atoms with Crippen LogP contribution in [0.4, 0.5) is 14.5 Å². The van der Waals surface area contributed by atoms with E-state index in [-0.39, 0.29) is 5.75 Å². The fraction of sp³-hybridized carbons (Fsp3) is 0.200. The largest absolute Gasteiger partial charge is 0.435 e. The zero-order valence-electron chi connectivity index (χ0n) is 11.0. The smallest absolute Gasteiger partial charge is 0.387 e. The van der Waals surface area contributed by atoms with Gasteiger partial charge in [0, 0.05) is 21.9 Å². The molecule has 0 unspecified atom stereocenters. The van der Waals surface area contributed by atoms with E-state index in [9.17, 15) is 8.78 Å². The van der Waals surface area contributed by atoms with Crippen LogP contribution in [0.1, 0.15) is 11.1 Å². The Labute approximate surface area is 120 Å². The van der Waals surface area contributed by atoms with Crippen molar-refractivity contribution in [1.82, 2.24) is 0 Å². The van der Waals surface area contributed by atoms with Crippen molar-refractivity contribution < 1.29 is 13.5 Å². The molecule has 0 aliphatic carbocycles. The molecule has 106 valence electrons. The molecule has 2 aromatic rings. The Hall–Kier alpha value is -1.75. The number of hydrogen-bond donors (Lipinski definition) is 1. The molecule has 2 nitrogen and oxygen atoms in total. The Bertz CT molecular complexity index is 590. The third kappa shape index (κ3) is 3.87. The van der Waals surface area contributed by atoms with Crippen LogP contribution < -0.4 is 10.5 Å². The Morgan fingerprint density at radius 3 is 2.70 bits per heavy atom. The molecule has 0 fully saturated rings. The average Bonchev–Trinajstić information content (AvgIpc) is 2.41. The van der Waals surface area contributed by atoms with Crippen LogP contribution in [0.5, 0.6) is 5.75 Å². The first-order chi connectivity index (χ1) is 9.56. The predicted octanol–water partition coefficient (Wildman–Crippen LogP) is 4.47. The zero-order chi connectivity index (χ0) is 14.5. The van der Waals surface area contributed by atoms with Gasteiger partial charge in [0.15, 0.2) is 0 Å². The molecule has 20 heavy (non-hydrogen) atoms. The lowest BCUT2D eigenvalue weighted by Crippen LogP contribution is -2.03. The molecule has 0 bridgehead atoms. The van der Waals surface area contributed by atoms with Gasteiger partial charge in [-0.25, -0.2) is 0 Å². The van der Waals surface area contributed by atoms with E-state index in [0.29, 0.717) is 11.4 Å². The second-order valence-electron chi connectivity index (χ2n) is 4.30. The van der Waals surface area contributed by atoms with Crippen LogP contribution in [0.25, 0.3) is 0 Å². The van der Waals surface area contributed by atoms with Gasteiger partial charge >= 0.3 is 6.61 Å². The second kappa shape index (κ2) is 6.61. The number of aryl methyl sites for hydroxylation is 1. The summed E-state index contributed by atoms with van der Waals surface area (Å²) in [7, 11) is 0. The number of benzene rings is 2. The van der Waals surface area contributed by atoms with Crippen molar-refractivity contribution in [3.8, 4) is 5.75 Å². The van der Waals surface area contributed by atoms with Crippen molar-refractivity contribution in [2.75, 3.05) is 5.73 Å². The maximum Gasteiger partial charge on any atom is 0.387 e. The SMILES string of the molecule is Cc1ccc(N)cc1SCc1ccccc1OC(F)F. The van der Waals surface area contributed by atoms with E-state index in [0.717, 1.165) is 16.0 Å². The van der Waals surface area contributed by atoms with E-state index in [2.05, 4.69) is 4.74 Å². The van der Waals surface area contributed by atoms with Crippen LogP contribution in [-0.2, 0) is 5.75 Å². The lowest BCUT2D eigenvalue weighted by molar-refractivity contribution is -0.0503. The molecule has 0 aliphatic heterocycles. The summed E-state index contributed by atoms with van der Waals surface area (Å²) in [4.78, 5) is 1.04. The van der Waals surface area contributed by atoms with Gasteiger partial charge in [0.05, 0.1) is 0 Å². The normalized spacial score (nSPS) is 10.8. The average molecular weight is 295 g/mol. The van der Waals surface area contributed by atoms with Crippen molar-refractivity contribution in [3.63, 3.8) is 0 Å². The van der Waals surface area contributed by atoms with Crippen LogP contribution in [0.3, 0.4) is 0 Å². The van der Waals surface area contributed by atoms with Gasteiger partial charge in [0.1, 0.15) is 5.75 Å². The molecule has 0 saturated heterocycles. The number of anilines is 1. The number of nitrogen functional groups attached to an aromatic ring is 1. The van der Waals surface area contributed by atoms with Gasteiger partial charge in [-0.2, -0.15) is 8.78 Å². The van der Waals surface area contributed by atoms with Crippen molar-refractivity contribution in [2.24, 2.45) is 0 Å². The third-order valence-corrected chi connectivity index (χ3v) is 3.99. The first-order valence-electron chi connectivity index (χ1n) is 6.08. The van der Waals surface area contributed by atoms with Crippen LogP contribution in [0.2, 0.25) is 0 Å². The summed E-state index contributed by atoms with van der Waals surface area (Å²) in [6.07, 6.45) is 0. The summed E-state index contributed by atoms with van der Waals surface area (Å²) in [6.45, 7) is -0.821. The molecule has 0 aromatic heterocycles. The Balaban J connectivity index is 2.12. The third-order valence-electron chi connectivity index (χ3n) is 2.78. The minimum atomic E-state index is -2.81. The number of ether oxygens (including phenoxy) is 1. The van der Waals surface area contributed by atoms with E-state index < -0.39 is 6.61 Å². The second-order valence-corrected chi connectivity index (χ2v) is 5.32. The van der Waals surface area contributed by atoms with Crippen LogP contribution in [-0.4, -0.2) is 6.61 Å². The molecular formula is C15H15F2NOS. The van der Waals surface area contributed by atoms with Gasteiger partial charge in [-0.3, -0.25) is 0 Å². The van der Waals surface area contributed by atoms with E-state index in [1.165, 1.54) is 0 Å². The fourth-order valence-corrected chi connectivity index (χ4v) is 2.83. The van der Waals surface area contributed by atoms with Crippen molar-refractivity contribution in [2.45, 2.75) is 24.2 Å². The zero-order valence-corrected chi connectivity index (χ0v) is 11.8. The molecule has 2 rings (SSSR count). The molecule has 0 saturated carbocycles. The first-order valence-corrected chi connectivity index (χ1v) is 7.06. The first kappa shape index (κ1) is 14.7. The Kier molecular flexibility index (Phi) is 4.84. The van der Waals surface area contributed by atoms with Gasteiger partial charge in [-0.05, 0) is 30.7 Å².